The maximum absolute atomic E-state index is 13.3. The fourth-order valence-corrected chi connectivity index (χ4v) is 5.34. The van der Waals surface area contributed by atoms with E-state index in [9.17, 15) is 4.39 Å². The number of halogens is 3. The van der Waals surface area contributed by atoms with Gasteiger partial charge in [0.1, 0.15) is 22.0 Å². The Morgan fingerprint density at radius 2 is 1.73 bits per heavy atom. The Labute approximate surface area is 168 Å². The van der Waals surface area contributed by atoms with Crippen molar-refractivity contribution in [2.24, 2.45) is 0 Å². The number of hydrogen-bond donors (Lipinski definition) is 0. The zero-order valence-corrected chi connectivity index (χ0v) is 16.4. The number of fused-ring (bicyclic) bond motifs is 1. The molecular weight excluding hydrogens is 410 g/mol. The number of thiophene rings is 1. The second kappa shape index (κ2) is 7.53. The highest BCUT2D eigenvalue weighted by atomic mass is 35.5. The van der Waals surface area contributed by atoms with Crippen LogP contribution in [0.4, 0.5) is 4.39 Å². The highest BCUT2D eigenvalue weighted by Crippen LogP contribution is 2.39. The molecule has 2 heterocycles. The van der Waals surface area contributed by atoms with E-state index in [1.807, 2.05) is 23.6 Å². The summed E-state index contributed by atoms with van der Waals surface area (Å²) in [5.41, 5.74) is 2.81. The summed E-state index contributed by atoms with van der Waals surface area (Å²) >= 11 is 15.6. The van der Waals surface area contributed by atoms with E-state index in [4.69, 9.17) is 23.2 Å². The summed E-state index contributed by atoms with van der Waals surface area (Å²) in [6.45, 7) is 0. The van der Waals surface area contributed by atoms with E-state index in [2.05, 4.69) is 9.97 Å². The topological polar surface area (TPSA) is 25.8 Å². The number of rotatable bonds is 4. The molecule has 0 saturated carbocycles. The SMILES string of the molecule is Fc1ccc(-c2csc3ncnc(SCc4c(Cl)cccc4Cl)c23)cc1. The summed E-state index contributed by atoms with van der Waals surface area (Å²) in [7, 11) is 0. The first-order valence-corrected chi connectivity index (χ1v) is 10.3. The minimum absolute atomic E-state index is 0.257. The lowest BCUT2D eigenvalue weighted by Gasteiger charge is -2.08. The minimum atomic E-state index is -0.257. The predicted octanol–water partition coefficient (Wildman–Crippen LogP) is 7.10. The molecule has 7 heteroatoms. The van der Waals surface area contributed by atoms with Crippen molar-refractivity contribution in [3.8, 4) is 11.1 Å². The van der Waals surface area contributed by atoms with E-state index >= 15 is 0 Å². The van der Waals surface area contributed by atoms with Gasteiger partial charge in [-0.1, -0.05) is 41.4 Å². The van der Waals surface area contributed by atoms with Crippen LogP contribution in [0.15, 0.2) is 59.2 Å². The average molecular weight is 421 g/mol. The van der Waals surface area contributed by atoms with Crippen LogP contribution in [0.3, 0.4) is 0 Å². The number of hydrogen-bond acceptors (Lipinski definition) is 4. The average Bonchev–Trinajstić information content (AvgIpc) is 3.07. The first kappa shape index (κ1) is 17.7. The van der Waals surface area contributed by atoms with Crippen molar-refractivity contribution in [3.63, 3.8) is 0 Å². The van der Waals surface area contributed by atoms with Crippen LogP contribution >= 0.6 is 46.3 Å². The van der Waals surface area contributed by atoms with Crippen molar-refractivity contribution in [1.29, 1.82) is 0 Å². The maximum atomic E-state index is 13.3. The number of benzene rings is 2. The number of thioether (sulfide) groups is 1. The quantitative estimate of drug-likeness (QED) is 0.260. The molecule has 130 valence electrons. The second-order valence-electron chi connectivity index (χ2n) is 5.50. The van der Waals surface area contributed by atoms with Crippen LogP contribution in [0, 0.1) is 5.82 Å². The molecule has 4 aromatic rings. The van der Waals surface area contributed by atoms with Crippen molar-refractivity contribution < 1.29 is 4.39 Å². The van der Waals surface area contributed by atoms with Crippen LogP contribution in [0.25, 0.3) is 21.3 Å². The third-order valence-corrected chi connectivity index (χ3v) is 6.52. The molecule has 0 radical (unpaired) electrons. The van der Waals surface area contributed by atoms with Crippen LogP contribution in [0.5, 0.6) is 0 Å². The molecule has 4 rings (SSSR count). The molecule has 0 aliphatic heterocycles. The number of nitrogens with zero attached hydrogens (tertiary/aromatic N) is 2. The second-order valence-corrected chi connectivity index (χ2v) is 8.14. The molecule has 0 fully saturated rings. The lowest BCUT2D eigenvalue weighted by Crippen LogP contribution is -1.89. The Bertz CT molecular complexity index is 1060. The van der Waals surface area contributed by atoms with Gasteiger partial charge in [0.2, 0.25) is 0 Å². The molecule has 2 aromatic heterocycles. The third kappa shape index (κ3) is 3.45. The van der Waals surface area contributed by atoms with Gasteiger partial charge in [-0.25, -0.2) is 14.4 Å². The van der Waals surface area contributed by atoms with E-state index in [1.54, 1.807) is 41.6 Å². The molecule has 0 unspecified atom stereocenters. The van der Waals surface area contributed by atoms with Gasteiger partial charge in [0.05, 0.1) is 5.39 Å². The Hall–Kier alpha value is -1.66. The van der Waals surface area contributed by atoms with Crippen molar-refractivity contribution in [2.45, 2.75) is 10.8 Å². The normalized spacial score (nSPS) is 11.2. The molecular formula is C19H11Cl2FN2S2. The van der Waals surface area contributed by atoms with Gasteiger partial charge in [0, 0.05) is 26.7 Å². The standard InChI is InChI=1S/C19H11Cl2FN2S2/c20-15-2-1-3-16(21)14(15)9-26-19-17-13(8-25-18(17)23-10-24-19)11-4-6-12(22)7-5-11/h1-8,10H,9H2. The molecule has 0 aliphatic carbocycles. The summed E-state index contributed by atoms with van der Waals surface area (Å²) < 4.78 is 13.3. The number of aromatic nitrogens is 2. The summed E-state index contributed by atoms with van der Waals surface area (Å²) in [5, 5.41) is 5.13. The van der Waals surface area contributed by atoms with Gasteiger partial charge in [-0.05, 0) is 35.4 Å². The van der Waals surface area contributed by atoms with E-state index in [1.165, 1.54) is 12.1 Å². The summed E-state index contributed by atoms with van der Waals surface area (Å²) in [6, 6.07) is 11.9. The zero-order chi connectivity index (χ0) is 18.1. The van der Waals surface area contributed by atoms with Gasteiger partial charge in [0.25, 0.3) is 0 Å². The molecule has 0 atom stereocenters. The van der Waals surface area contributed by atoms with Gasteiger partial charge in [-0.2, -0.15) is 0 Å². The zero-order valence-electron chi connectivity index (χ0n) is 13.2. The van der Waals surface area contributed by atoms with Crippen molar-refractivity contribution in [2.75, 3.05) is 0 Å². The minimum Gasteiger partial charge on any atom is -0.229 e. The summed E-state index contributed by atoms with van der Waals surface area (Å²) in [4.78, 5) is 9.71. The molecule has 0 bridgehead atoms. The Morgan fingerprint density at radius 1 is 1.00 bits per heavy atom. The molecule has 0 N–H and O–H groups in total. The third-order valence-electron chi connectivity index (χ3n) is 3.91. The maximum Gasteiger partial charge on any atom is 0.128 e. The van der Waals surface area contributed by atoms with E-state index in [0.717, 1.165) is 31.9 Å². The Balaban J connectivity index is 1.74. The predicted molar refractivity (Wildman–Crippen MR) is 109 cm³/mol. The van der Waals surface area contributed by atoms with Crippen LogP contribution in [-0.2, 0) is 5.75 Å². The highest BCUT2D eigenvalue weighted by Gasteiger charge is 2.15. The van der Waals surface area contributed by atoms with Crippen LogP contribution in [-0.4, -0.2) is 9.97 Å². The van der Waals surface area contributed by atoms with Crippen LogP contribution in [0.1, 0.15) is 5.56 Å². The monoisotopic (exact) mass is 420 g/mol. The van der Waals surface area contributed by atoms with Crippen molar-refractivity contribution in [1.82, 2.24) is 9.97 Å². The van der Waals surface area contributed by atoms with E-state index in [-0.39, 0.29) is 5.82 Å². The molecule has 0 aliphatic rings. The first-order chi connectivity index (χ1) is 12.6. The van der Waals surface area contributed by atoms with Crippen LogP contribution < -0.4 is 0 Å². The highest BCUT2D eigenvalue weighted by molar-refractivity contribution is 7.98. The van der Waals surface area contributed by atoms with Gasteiger partial charge in [-0.3, -0.25) is 0 Å². The fourth-order valence-electron chi connectivity index (χ4n) is 2.61. The summed E-state index contributed by atoms with van der Waals surface area (Å²) in [5.74, 6) is 0.344. The Kier molecular flexibility index (Phi) is 5.14. The van der Waals surface area contributed by atoms with Crippen LogP contribution in [0.2, 0.25) is 10.0 Å². The first-order valence-electron chi connectivity index (χ1n) is 7.67. The largest absolute Gasteiger partial charge is 0.229 e. The van der Waals surface area contributed by atoms with Gasteiger partial charge < -0.3 is 0 Å². The molecule has 0 saturated heterocycles. The smallest absolute Gasteiger partial charge is 0.128 e. The van der Waals surface area contributed by atoms with Crippen molar-refractivity contribution in [3.05, 3.63) is 75.6 Å². The lowest BCUT2D eigenvalue weighted by atomic mass is 10.1. The molecule has 2 nitrogen and oxygen atoms in total. The fraction of sp³-hybridized carbons (Fsp3) is 0.0526. The lowest BCUT2D eigenvalue weighted by molar-refractivity contribution is 0.628. The van der Waals surface area contributed by atoms with Gasteiger partial charge in [0.15, 0.2) is 0 Å². The Morgan fingerprint density at radius 3 is 2.46 bits per heavy atom. The molecule has 0 spiro atoms. The molecule has 0 amide bonds. The van der Waals surface area contributed by atoms with Gasteiger partial charge >= 0.3 is 0 Å². The summed E-state index contributed by atoms with van der Waals surface area (Å²) in [6.07, 6.45) is 1.56. The van der Waals surface area contributed by atoms with E-state index < -0.39 is 0 Å². The molecule has 26 heavy (non-hydrogen) atoms. The van der Waals surface area contributed by atoms with Gasteiger partial charge in [-0.15, -0.1) is 23.1 Å². The van der Waals surface area contributed by atoms with E-state index in [0.29, 0.717) is 15.8 Å². The molecule has 2 aromatic carbocycles. The van der Waals surface area contributed by atoms with Crippen molar-refractivity contribution >= 4 is 56.5 Å².